The molecule has 0 aliphatic carbocycles. The molecule has 0 unspecified atom stereocenters. The van der Waals surface area contributed by atoms with Crippen LogP contribution in [0.4, 0.5) is 10.5 Å². The van der Waals surface area contributed by atoms with Crippen LogP contribution < -0.4 is 15.4 Å². The summed E-state index contributed by atoms with van der Waals surface area (Å²) in [6.07, 6.45) is 5.07. The van der Waals surface area contributed by atoms with Gasteiger partial charge in [-0.25, -0.2) is 4.79 Å². The topological polar surface area (TPSA) is 53.6 Å². The minimum atomic E-state index is -0.153. The predicted octanol–water partition coefficient (Wildman–Crippen LogP) is 5.14. The smallest absolute Gasteiger partial charge is 0.319 e. The zero-order valence-electron chi connectivity index (χ0n) is 17.6. The fraction of sp³-hybridized carbons (Fsp3) is 0.458. The average molecular weight is 396 g/mol. The second-order valence-corrected chi connectivity index (χ2v) is 7.88. The van der Waals surface area contributed by atoms with Gasteiger partial charge in [-0.15, -0.1) is 0 Å². The van der Waals surface area contributed by atoms with Crippen LogP contribution in [-0.4, -0.2) is 43.2 Å². The van der Waals surface area contributed by atoms with Crippen molar-refractivity contribution in [1.29, 1.82) is 0 Å². The zero-order valence-corrected chi connectivity index (χ0v) is 17.6. The lowest BCUT2D eigenvalue weighted by atomic mass is 10.0. The molecule has 0 atom stereocenters. The van der Waals surface area contributed by atoms with Gasteiger partial charge in [-0.3, -0.25) is 0 Å². The minimum Gasteiger partial charge on any atom is -0.490 e. The maximum Gasteiger partial charge on any atom is 0.319 e. The molecule has 1 saturated heterocycles. The molecule has 2 aromatic carbocycles. The van der Waals surface area contributed by atoms with Crippen molar-refractivity contribution >= 4 is 11.7 Å². The summed E-state index contributed by atoms with van der Waals surface area (Å²) in [5.74, 6) is 0.870. The van der Waals surface area contributed by atoms with Crippen molar-refractivity contribution in [2.75, 3.05) is 31.5 Å². The SMILES string of the molecule is CC(C)Oc1ccccc1-c1ccc(NC(=O)NCCCN2CCCCC2)cc1. The third-order valence-electron chi connectivity index (χ3n) is 5.09. The van der Waals surface area contributed by atoms with Crippen LogP contribution in [0, 0.1) is 0 Å². The Labute approximate surface area is 174 Å². The van der Waals surface area contributed by atoms with Crippen LogP contribution in [0.2, 0.25) is 0 Å². The molecule has 2 aromatic rings. The van der Waals surface area contributed by atoms with Crippen LogP contribution in [0.1, 0.15) is 39.5 Å². The van der Waals surface area contributed by atoms with Gasteiger partial charge in [-0.05, 0) is 76.5 Å². The van der Waals surface area contributed by atoms with E-state index < -0.39 is 0 Å². The number of carbonyl (C=O) groups is 1. The number of hydrogen-bond acceptors (Lipinski definition) is 3. The number of nitrogens with one attached hydrogen (secondary N) is 2. The van der Waals surface area contributed by atoms with E-state index in [0.29, 0.717) is 6.54 Å². The first-order chi connectivity index (χ1) is 14.1. The number of piperidine rings is 1. The van der Waals surface area contributed by atoms with Gasteiger partial charge in [0.05, 0.1) is 6.10 Å². The number of anilines is 1. The molecule has 29 heavy (non-hydrogen) atoms. The Bertz CT molecular complexity index is 768. The molecule has 0 radical (unpaired) electrons. The van der Waals surface area contributed by atoms with E-state index >= 15 is 0 Å². The molecule has 156 valence electrons. The fourth-order valence-electron chi connectivity index (χ4n) is 3.66. The van der Waals surface area contributed by atoms with Crippen LogP contribution in [0.25, 0.3) is 11.1 Å². The van der Waals surface area contributed by atoms with Gasteiger partial charge >= 0.3 is 6.03 Å². The van der Waals surface area contributed by atoms with Gasteiger partial charge in [0.1, 0.15) is 5.75 Å². The normalized spacial score (nSPS) is 14.6. The predicted molar refractivity (Wildman–Crippen MR) is 120 cm³/mol. The molecule has 2 N–H and O–H groups in total. The molecule has 0 aromatic heterocycles. The van der Waals surface area contributed by atoms with Crippen molar-refractivity contribution < 1.29 is 9.53 Å². The van der Waals surface area contributed by atoms with Crippen molar-refractivity contribution in [3.8, 4) is 16.9 Å². The zero-order chi connectivity index (χ0) is 20.5. The highest BCUT2D eigenvalue weighted by molar-refractivity contribution is 5.89. The number of benzene rings is 2. The molecular formula is C24H33N3O2. The fourth-order valence-corrected chi connectivity index (χ4v) is 3.66. The lowest BCUT2D eigenvalue weighted by Gasteiger charge is -2.26. The Hall–Kier alpha value is -2.53. The van der Waals surface area contributed by atoms with Crippen molar-refractivity contribution in [2.45, 2.75) is 45.6 Å². The number of hydrogen-bond donors (Lipinski definition) is 2. The van der Waals surface area contributed by atoms with Gasteiger partial charge in [0.2, 0.25) is 0 Å². The number of likely N-dealkylation sites (tertiary alicyclic amines) is 1. The molecule has 5 heteroatoms. The first-order valence-corrected chi connectivity index (χ1v) is 10.7. The molecule has 1 fully saturated rings. The molecular weight excluding hydrogens is 362 g/mol. The van der Waals surface area contributed by atoms with Crippen molar-refractivity contribution in [3.63, 3.8) is 0 Å². The molecule has 2 amide bonds. The van der Waals surface area contributed by atoms with Crippen molar-refractivity contribution in [3.05, 3.63) is 48.5 Å². The monoisotopic (exact) mass is 395 g/mol. The highest BCUT2D eigenvalue weighted by atomic mass is 16.5. The number of urea groups is 1. The van der Waals surface area contributed by atoms with E-state index in [1.807, 2.05) is 56.3 Å². The standard InChI is InChI=1S/C24H33N3O2/c1-19(2)29-23-10-5-4-9-22(23)20-11-13-21(14-12-20)26-24(28)25-15-8-18-27-16-6-3-7-17-27/h4-5,9-14,19H,3,6-8,15-18H2,1-2H3,(H2,25,26,28). The lowest BCUT2D eigenvalue weighted by Crippen LogP contribution is -2.34. The third kappa shape index (κ3) is 6.79. The summed E-state index contributed by atoms with van der Waals surface area (Å²) in [6, 6.07) is 15.7. The van der Waals surface area contributed by atoms with Crippen LogP contribution in [0.5, 0.6) is 5.75 Å². The van der Waals surface area contributed by atoms with Crippen molar-refractivity contribution in [2.24, 2.45) is 0 Å². The third-order valence-corrected chi connectivity index (χ3v) is 5.09. The molecule has 0 spiro atoms. The second-order valence-electron chi connectivity index (χ2n) is 7.88. The number of para-hydroxylation sites is 1. The first kappa shape index (κ1) is 21.2. The lowest BCUT2D eigenvalue weighted by molar-refractivity contribution is 0.224. The van der Waals surface area contributed by atoms with Gasteiger partial charge in [-0.2, -0.15) is 0 Å². The molecule has 5 nitrogen and oxygen atoms in total. The van der Waals surface area contributed by atoms with E-state index in [-0.39, 0.29) is 12.1 Å². The van der Waals surface area contributed by atoms with E-state index in [1.165, 1.54) is 32.4 Å². The Kier molecular flexibility index (Phi) is 7.94. The largest absolute Gasteiger partial charge is 0.490 e. The highest BCUT2D eigenvalue weighted by Gasteiger charge is 2.10. The molecule has 3 rings (SSSR count). The summed E-state index contributed by atoms with van der Waals surface area (Å²) >= 11 is 0. The Morgan fingerprint density at radius 1 is 1.03 bits per heavy atom. The summed E-state index contributed by atoms with van der Waals surface area (Å²) in [7, 11) is 0. The number of rotatable bonds is 8. The number of nitrogens with zero attached hydrogens (tertiary/aromatic N) is 1. The van der Waals surface area contributed by atoms with Gasteiger partial charge in [0, 0.05) is 17.8 Å². The summed E-state index contributed by atoms with van der Waals surface area (Å²) in [4.78, 5) is 14.6. The van der Waals surface area contributed by atoms with Crippen LogP contribution in [0.15, 0.2) is 48.5 Å². The van der Waals surface area contributed by atoms with E-state index in [0.717, 1.165) is 35.5 Å². The molecule has 1 aliphatic heterocycles. The van der Waals surface area contributed by atoms with Crippen LogP contribution >= 0.6 is 0 Å². The van der Waals surface area contributed by atoms with E-state index in [1.54, 1.807) is 0 Å². The van der Waals surface area contributed by atoms with Gasteiger partial charge in [0.25, 0.3) is 0 Å². The van der Waals surface area contributed by atoms with Crippen LogP contribution in [0.3, 0.4) is 0 Å². The van der Waals surface area contributed by atoms with E-state index in [9.17, 15) is 4.79 Å². The molecule has 0 bridgehead atoms. The quantitative estimate of drug-likeness (QED) is 0.609. The minimum absolute atomic E-state index is 0.121. The van der Waals surface area contributed by atoms with Crippen LogP contribution in [-0.2, 0) is 0 Å². The molecule has 1 aliphatic rings. The van der Waals surface area contributed by atoms with Gasteiger partial charge < -0.3 is 20.3 Å². The highest BCUT2D eigenvalue weighted by Crippen LogP contribution is 2.31. The van der Waals surface area contributed by atoms with Crippen molar-refractivity contribution in [1.82, 2.24) is 10.2 Å². The molecule has 1 heterocycles. The Morgan fingerprint density at radius 3 is 2.48 bits per heavy atom. The number of carbonyl (C=O) groups excluding carboxylic acids is 1. The maximum absolute atomic E-state index is 12.1. The Morgan fingerprint density at radius 2 is 1.76 bits per heavy atom. The number of amides is 2. The summed E-state index contributed by atoms with van der Waals surface area (Å²) in [5, 5.41) is 5.86. The summed E-state index contributed by atoms with van der Waals surface area (Å²) in [5.41, 5.74) is 2.90. The molecule has 0 saturated carbocycles. The maximum atomic E-state index is 12.1. The summed E-state index contributed by atoms with van der Waals surface area (Å²) in [6.45, 7) is 8.20. The number of ether oxygens (including phenoxy) is 1. The van der Waals surface area contributed by atoms with E-state index in [4.69, 9.17) is 4.74 Å². The Balaban J connectivity index is 1.47. The van der Waals surface area contributed by atoms with Gasteiger partial charge in [0.15, 0.2) is 0 Å². The average Bonchev–Trinajstić information content (AvgIpc) is 2.73. The second kappa shape index (κ2) is 10.9. The first-order valence-electron chi connectivity index (χ1n) is 10.7. The van der Waals surface area contributed by atoms with Gasteiger partial charge in [-0.1, -0.05) is 36.8 Å². The summed E-state index contributed by atoms with van der Waals surface area (Å²) < 4.78 is 5.91. The van der Waals surface area contributed by atoms with E-state index in [2.05, 4.69) is 21.6 Å².